The van der Waals surface area contributed by atoms with Crippen molar-refractivity contribution in [3.8, 4) is 0 Å². The third kappa shape index (κ3) is 12.6. The van der Waals surface area contributed by atoms with Gasteiger partial charge in [-0.1, -0.05) is 72.1 Å². The molecule has 0 aliphatic carbocycles. The Balaban J connectivity index is 3.25. The van der Waals surface area contributed by atoms with Gasteiger partial charge < -0.3 is 0 Å². The minimum Gasteiger partial charge on any atom is -0.159 e. The average molecular weight is 259 g/mol. The quantitative estimate of drug-likeness (QED) is 0.343. The average Bonchev–Trinajstić information content (AvgIpc) is 2.35. The second kappa shape index (κ2) is 14.4. The summed E-state index contributed by atoms with van der Waals surface area (Å²) in [6.07, 6.45) is 15.7. The van der Waals surface area contributed by atoms with E-state index in [2.05, 4.69) is 32.5 Å². The Morgan fingerprint density at radius 3 is 1.94 bits per heavy atom. The Bertz CT molecular complexity index is 133. The summed E-state index contributed by atoms with van der Waals surface area (Å²) < 4.78 is 0. The van der Waals surface area contributed by atoms with Crippen LogP contribution < -0.4 is 0 Å². The molecule has 0 aliphatic rings. The third-order valence-corrected chi connectivity index (χ3v) is 5.00. The zero-order valence-electron chi connectivity index (χ0n) is 12.5. The molecule has 1 heteroatoms. The first kappa shape index (κ1) is 17.4. The predicted molar refractivity (Wildman–Crippen MR) is 84.1 cm³/mol. The lowest BCUT2D eigenvalue weighted by molar-refractivity contribution is 0.622. The lowest BCUT2D eigenvalue weighted by Gasteiger charge is -2.14. The first-order chi connectivity index (χ1) is 8.35. The van der Waals surface area contributed by atoms with Gasteiger partial charge in [-0.05, 0) is 25.0 Å². The van der Waals surface area contributed by atoms with Crippen LogP contribution in [-0.2, 0) is 0 Å². The van der Waals surface area contributed by atoms with E-state index in [0.29, 0.717) is 0 Å². The van der Waals surface area contributed by atoms with Gasteiger partial charge in [-0.2, -0.15) is 11.8 Å². The Labute approximate surface area is 114 Å². The maximum Gasteiger partial charge on any atom is 0.00444 e. The zero-order valence-corrected chi connectivity index (χ0v) is 13.3. The molecule has 0 fully saturated rings. The van der Waals surface area contributed by atoms with Crippen LogP contribution in [0.5, 0.6) is 0 Å². The standard InChI is InChI=1S/C16H34S/c1-4-7-9-10-11-13-15-17-16(6-3)14-12-8-5-2/h16H,4-15H2,1-3H3. The lowest BCUT2D eigenvalue weighted by atomic mass is 10.1. The van der Waals surface area contributed by atoms with Gasteiger partial charge in [0.1, 0.15) is 0 Å². The smallest absolute Gasteiger partial charge is 0.00444 e. The summed E-state index contributed by atoms with van der Waals surface area (Å²) >= 11 is 2.24. The van der Waals surface area contributed by atoms with Gasteiger partial charge in [-0.15, -0.1) is 0 Å². The maximum atomic E-state index is 2.35. The molecule has 0 saturated heterocycles. The number of thioether (sulfide) groups is 1. The first-order valence-electron chi connectivity index (χ1n) is 7.96. The Kier molecular flexibility index (Phi) is 14.7. The molecular formula is C16H34S. The second-order valence-electron chi connectivity index (χ2n) is 5.16. The Morgan fingerprint density at radius 1 is 0.706 bits per heavy atom. The normalized spacial score (nSPS) is 12.9. The molecule has 0 saturated carbocycles. The van der Waals surface area contributed by atoms with Crippen LogP contribution in [0, 0.1) is 0 Å². The van der Waals surface area contributed by atoms with Crippen LogP contribution in [-0.4, -0.2) is 11.0 Å². The van der Waals surface area contributed by atoms with Gasteiger partial charge in [0, 0.05) is 5.25 Å². The van der Waals surface area contributed by atoms with E-state index in [1.165, 1.54) is 76.4 Å². The van der Waals surface area contributed by atoms with Crippen LogP contribution in [0.15, 0.2) is 0 Å². The molecule has 0 rings (SSSR count). The number of hydrogen-bond acceptors (Lipinski definition) is 1. The molecule has 0 aromatic carbocycles. The topological polar surface area (TPSA) is 0 Å². The summed E-state index contributed by atoms with van der Waals surface area (Å²) in [7, 11) is 0. The first-order valence-corrected chi connectivity index (χ1v) is 9.01. The van der Waals surface area contributed by atoms with E-state index in [4.69, 9.17) is 0 Å². The van der Waals surface area contributed by atoms with Crippen molar-refractivity contribution < 1.29 is 0 Å². The summed E-state index contributed by atoms with van der Waals surface area (Å²) in [4.78, 5) is 0. The summed E-state index contributed by atoms with van der Waals surface area (Å²) in [5.74, 6) is 1.40. The minimum absolute atomic E-state index is 0.942. The highest BCUT2D eigenvalue weighted by Crippen LogP contribution is 2.22. The van der Waals surface area contributed by atoms with Crippen molar-refractivity contribution in [2.24, 2.45) is 0 Å². The van der Waals surface area contributed by atoms with E-state index >= 15 is 0 Å². The largest absolute Gasteiger partial charge is 0.159 e. The van der Waals surface area contributed by atoms with Crippen LogP contribution in [0.3, 0.4) is 0 Å². The molecule has 0 N–H and O–H groups in total. The Hall–Kier alpha value is 0.350. The van der Waals surface area contributed by atoms with Gasteiger partial charge in [0.2, 0.25) is 0 Å². The van der Waals surface area contributed by atoms with Gasteiger partial charge in [0.25, 0.3) is 0 Å². The van der Waals surface area contributed by atoms with E-state index in [-0.39, 0.29) is 0 Å². The second-order valence-corrected chi connectivity index (χ2v) is 6.57. The summed E-state index contributed by atoms with van der Waals surface area (Å²) in [6, 6.07) is 0. The van der Waals surface area contributed by atoms with Gasteiger partial charge >= 0.3 is 0 Å². The molecule has 0 aliphatic heterocycles. The molecule has 0 aromatic rings. The van der Waals surface area contributed by atoms with Gasteiger partial charge in [-0.25, -0.2) is 0 Å². The van der Waals surface area contributed by atoms with Crippen molar-refractivity contribution in [2.75, 3.05) is 5.75 Å². The molecule has 0 spiro atoms. The van der Waals surface area contributed by atoms with Crippen molar-refractivity contribution in [3.05, 3.63) is 0 Å². The summed E-state index contributed by atoms with van der Waals surface area (Å²) in [5.41, 5.74) is 0. The van der Waals surface area contributed by atoms with Crippen LogP contribution in [0.4, 0.5) is 0 Å². The molecule has 17 heavy (non-hydrogen) atoms. The van der Waals surface area contributed by atoms with Crippen LogP contribution >= 0.6 is 11.8 Å². The fraction of sp³-hybridized carbons (Fsp3) is 1.00. The highest BCUT2D eigenvalue weighted by molar-refractivity contribution is 7.99. The monoisotopic (exact) mass is 258 g/mol. The van der Waals surface area contributed by atoms with Crippen molar-refractivity contribution in [1.29, 1.82) is 0 Å². The predicted octanol–water partition coefficient (Wildman–Crippen LogP) is 6.44. The maximum absolute atomic E-state index is 2.35. The van der Waals surface area contributed by atoms with Crippen molar-refractivity contribution in [3.63, 3.8) is 0 Å². The molecule has 0 radical (unpaired) electrons. The third-order valence-electron chi connectivity index (χ3n) is 3.44. The fourth-order valence-electron chi connectivity index (χ4n) is 2.16. The molecule has 104 valence electrons. The van der Waals surface area contributed by atoms with Crippen LogP contribution in [0.25, 0.3) is 0 Å². The van der Waals surface area contributed by atoms with Crippen LogP contribution in [0.1, 0.15) is 91.4 Å². The summed E-state index contributed by atoms with van der Waals surface area (Å²) in [6.45, 7) is 6.94. The molecule has 0 amide bonds. The fourth-order valence-corrected chi connectivity index (χ4v) is 3.43. The molecule has 1 atom stereocenters. The SMILES string of the molecule is CCCCCCCCSC(CC)CCCCC. The number of unbranched alkanes of at least 4 members (excludes halogenated alkanes) is 7. The highest BCUT2D eigenvalue weighted by Gasteiger charge is 2.05. The Morgan fingerprint density at radius 2 is 1.29 bits per heavy atom. The van der Waals surface area contributed by atoms with Crippen molar-refractivity contribution >= 4 is 11.8 Å². The molecule has 0 bridgehead atoms. The van der Waals surface area contributed by atoms with E-state index in [1.54, 1.807) is 0 Å². The number of rotatable bonds is 13. The molecule has 0 aromatic heterocycles. The molecule has 1 unspecified atom stereocenters. The van der Waals surface area contributed by atoms with Gasteiger partial charge in [0.15, 0.2) is 0 Å². The van der Waals surface area contributed by atoms with Crippen LogP contribution in [0.2, 0.25) is 0 Å². The molecule has 0 nitrogen and oxygen atoms in total. The minimum atomic E-state index is 0.942. The van der Waals surface area contributed by atoms with Gasteiger partial charge in [0.05, 0.1) is 0 Å². The number of hydrogen-bond donors (Lipinski definition) is 0. The molecular weight excluding hydrogens is 224 g/mol. The highest BCUT2D eigenvalue weighted by atomic mass is 32.2. The van der Waals surface area contributed by atoms with Crippen molar-refractivity contribution in [2.45, 2.75) is 96.7 Å². The van der Waals surface area contributed by atoms with E-state index in [1.807, 2.05) is 0 Å². The zero-order chi connectivity index (χ0) is 12.8. The van der Waals surface area contributed by atoms with E-state index < -0.39 is 0 Å². The van der Waals surface area contributed by atoms with Gasteiger partial charge in [-0.3, -0.25) is 0 Å². The molecule has 0 heterocycles. The van der Waals surface area contributed by atoms with E-state index in [0.717, 1.165) is 5.25 Å². The summed E-state index contributed by atoms with van der Waals surface area (Å²) in [5, 5.41) is 0.942. The van der Waals surface area contributed by atoms with E-state index in [9.17, 15) is 0 Å². The van der Waals surface area contributed by atoms with Crippen molar-refractivity contribution in [1.82, 2.24) is 0 Å². The lowest BCUT2D eigenvalue weighted by Crippen LogP contribution is -2.02.